The number of halogens is 5. The highest BCUT2D eigenvalue weighted by molar-refractivity contribution is 6.30. The fourth-order valence-electron chi connectivity index (χ4n) is 1.31. The molecule has 1 aromatic carbocycles. The number of benzene rings is 1. The van der Waals surface area contributed by atoms with Crippen molar-refractivity contribution in [2.45, 2.75) is 18.7 Å². The van der Waals surface area contributed by atoms with Gasteiger partial charge < -0.3 is 9.84 Å². The van der Waals surface area contributed by atoms with Gasteiger partial charge in [-0.15, -0.1) is 0 Å². The van der Waals surface area contributed by atoms with E-state index in [0.29, 0.717) is 5.56 Å². The summed E-state index contributed by atoms with van der Waals surface area (Å²) in [6.45, 7) is -1.89. The van der Waals surface area contributed by atoms with Crippen LogP contribution in [0.1, 0.15) is 5.56 Å². The Kier molecular flexibility index (Phi) is 5.37. The van der Waals surface area contributed by atoms with Crippen LogP contribution in [-0.2, 0) is 11.2 Å². The van der Waals surface area contributed by atoms with Crippen molar-refractivity contribution in [2.24, 2.45) is 0 Å². The minimum atomic E-state index is -4.42. The molecule has 0 saturated heterocycles. The minimum Gasteiger partial charge on any atom is -0.390 e. The van der Waals surface area contributed by atoms with E-state index in [1.165, 1.54) is 12.1 Å². The molecule has 0 amide bonds. The molecule has 0 heterocycles. The Morgan fingerprint density at radius 1 is 1.33 bits per heavy atom. The normalized spacial score (nSPS) is 13.7. The van der Waals surface area contributed by atoms with Crippen LogP contribution < -0.4 is 0 Å². The molecule has 7 heteroatoms. The summed E-state index contributed by atoms with van der Waals surface area (Å²) in [6, 6.07) is 3.92. The summed E-state index contributed by atoms with van der Waals surface area (Å²) in [4.78, 5) is 0. The fraction of sp³-hybridized carbons (Fsp3) is 0.455. The maximum atomic E-state index is 13.0. The Hall–Kier alpha value is -0.850. The van der Waals surface area contributed by atoms with Gasteiger partial charge in [0.1, 0.15) is 12.4 Å². The summed E-state index contributed by atoms with van der Waals surface area (Å²) in [6.07, 6.45) is -5.56. The van der Waals surface area contributed by atoms with Crippen LogP contribution in [-0.4, -0.2) is 30.6 Å². The van der Waals surface area contributed by atoms with Gasteiger partial charge in [-0.1, -0.05) is 17.7 Å². The summed E-state index contributed by atoms with van der Waals surface area (Å²) in [5.74, 6) is -0.641. The zero-order chi connectivity index (χ0) is 13.8. The first kappa shape index (κ1) is 15.2. The number of ether oxygens (including phenoxy) is 1. The third-order valence-electron chi connectivity index (χ3n) is 2.03. The molecule has 1 unspecified atom stereocenters. The summed E-state index contributed by atoms with van der Waals surface area (Å²) >= 11 is 5.46. The first-order valence-corrected chi connectivity index (χ1v) is 5.42. The average Bonchev–Trinajstić information content (AvgIpc) is 2.21. The van der Waals surface area contributed by atoms with Crippen molar-refractivity contribution < 1.29 is 27.4 Å². The van der Waals surface area contributed by atoms with Crippen molar-refractivity contribution >= 4 is 11.6 Å². The topological polar surface area (TPSA) is 29.5 Å². The molecule has 0 bridgehead atoms. The predicted octanol–water partition coefficient (Wildman–Crippen LogP) is 2.96. The average molecular weight is 287 g/mol. The second-order valence-electron chi connectivity index (χ2n) is 3.74. The van der Waals surface area contributed by atoms with Crippen LogP contribution in [0.5, 0.6) is 0 Å². The van der Waals surface area contributed by atoms with E-state index < -0.39 is 31.3 Å². The van der Waals surface area contributed by atoms with Crippen LogP contribution in [0.2, 0.25) is 5.02 Å². The van der Waals surface area contributed by atoms with Crippen LogP contribution in [0, 0.1) is 5.82 Å². The molecular formula is C11H11ClF4O2. The van der Waals surface area contributed by atoms with Gasteiger partial charge in [0.2, 0.25) is 0 Å². The molecule has 1 atom stereocenters. The van der Waals surface area contributed by atoms with Crippen LogP contribution >= 0.6 is 11.6 Å². The predicted molar refractivity (Wildman–Crippen MR) is 58.0 cm³/mol. The lowest BCUT2D eigenvalue weighted by atomic mass is 10.1. The zero-order valence-electron chi connectivity index (χ0n) is 9.18. The third kappa shape index (κ3) is 5.66. The standard InChI is InChI=1S/C11H11ClF4O2/c12-9-2-1-7(4-10(9)13)3-8(17)5-18-6-11(14,15)16/h1-2,4,8,17H,3,5-6H2. The molecule has 0 fully saturated rings. The Morgan fingerprint density at radius 2 is 2.00 bits per heavy atom. The quantitative estimate of drug-likeness (QED) is 0.843. The Labute approximate surface area is 106 Å². The molecule has 0 spiro atoms. The van der Waals surface area contributed by atoms with Crippen molar-refractivity contribution in [2.75, 3.05) is 13.2 Å². The van der Waals surface area contributed by atoms with Gasteiger partial charge in [0.25, 0.3) is 0 Å². The van der Waals surface area contributed by atoms with Crippen LogP contribution in [0.3, 0.4) is 0 Å². The fourth-order valence-corrected chi connectivity index (χ4v) is 1.43. The number of hydrogen-bond acceptors (Lipinski definition) is 2. The number of alkyl halides is 3. The van der Waals surface area contributed by atoms with Gasteiger partial charge in [0, 0.05) is 6.42 Å². The molecule has 102 valence electrons. The molecule has 1 rings (SSSR count). The molecule has 2 nitrogen and oxygen atoms in total. The van der Waals surface area contributed by atoms with Crippen LogP contribution in [0.25, 0.3) is 0 Å². The Bertz CT molecular complexity index is 395. The first-order chi connectivity index (χ1) is 8.28. The zero-order valence-corrected chi connectivity index (χ0v) is 9.93. The summed E-state index contributed by atoms with van der Waals surface area (Å²) in [7, 11) is 0. The molecule has 0 radical (unpaired) electrons. The van der Waals surface area contributed by atoms with E-state index in [4.69, 9.17) is 11.6 Å². The van der Waals surface area contributed by atoms with E-state index >= 15 is 0 Å². The lowest BCUT2D eigenvalue weighted by Gasteiger charge is -2.12. The minimum absolute atomic E-state index is 0.00799. The van der Waals surface area contributed by atoms with Gasteiger partial charge in [0.05, 0.1) is 17.7 Å². The molecule has 0 saturated carbocycles. The van der Waals surface area contributed by atoms with Crippen molar-refractivity contribution in [1.82, 2.24) is 0 Å². The van der Waals surface area contributed by atoms with E-state index in [-0.39, 0.29) is 11.4 Å². The number of rotatable bonds is 5. The molecule has 1 N–H and O–H groups in total. The van der Waals surface area contributed by atoms with Gasteiger partial charge >= 0.3 is 6.18 Å². The molecule has 0 aliphatic heterocycles. The van der Waals surface area contributed by atoms with E-state index in [0.717, 1.165) is 6.07 Å². The van der Waals surface area contributed by atoms with Crippen molar-refractivity contribution in [3.05, 3.63) is 34.6 Å². The molecule has 0 aromatic heterocycles. The van der Waals surface area contributed by atoms with Crippen LogP contribution in [0.15, 0.2) is 18.2 Å². The van der Waals surface area contributed by atoms with E-state index in [1.807, 2.05) is 0 Å². The number of aliphatic hydroxyl groups is 1. The number of aliphatic hydroxyl groups excluding tert-OH is 1. The molecule has 0 aliphatic rings. The van der Waals surface area contributed by atoms with Gasteiger partial charge in [0.15, 0.2) is 0 Å². The first-order valence-electron chi connectivity index (χ1n) is 5.04. The smallest absolute Gasteiger partial charge is 0.390 e. The van der Waals surface area contributed by atoms with Gasteiger partial charge in [-0.3, -0.25) is 0 Å². The Morgan fingerprint density at radius 3 is 2.56 bits per heavy atom. The monoisotopic (exact) mass is 286 g/mol. The lowest BCUT2D eigenvalue weighted by molar-refractivity contribution is -0.179. The highest BCUT2D eigenvalue weighted by atomic mass is 35.5. The maximum absolute atomic E-state index is 13.0. The largest absolute Gasteiger partial charge is 0.411 e. The molecular weight excluding hydrogens is 276 g/mol. The van der Waals surface area contributed by atoms with E-state index in [1.54, 1.807) is 0 Å². The highest BCUT2D eigenvalue weighted by Crippen LogP contribution is 2.17. The second kappa shape index (κ2) is 6.36. The van der Waals surface area contributed by atoms with E-state index in [2.05, 4.69) is 4.74 Å². The van der Waals surface area contributed by atoms with Crippen molar-refractivity contribution in [3.8, 4) is 0 Å². The highest BCUT2D eigenvalue weighted by Gasteiger charge is 2.27. The SMILES string of the molecule is OC(COCC(F)(F)F)Cc1ccc(Cl)c(F)c1. The maximum Gasteiger partial charge on any atom is 0.411 e. The molecule has 1 aromatic rings. The summed E-state index contributed by atoms with van der Waals surface area (Å²) in [5.41, 5.74) is 0.431. The summed E-state index contributed by atoms with van der Waals surface area (Å²) < 4.78 is 52.6. The molecule has 0 aliphatic carbocycles. The van der Waals surface area contributed by atoms with Gasteiger partial charge in [-0.25, -0.2) is 4.39 Å². The number of hydrogen-bond donors (Lipinski definition) is 1. The van der Waals surface area contributed by atoms with Gasteiger partial charge in [-0.2, -0.15) is 13.2 Å². The van der Waals surface area contributed by atoms with E-state index in [9.17, 15) is 22.7 Å². The Balaban J connectivity index is 2.40. The second-order valence-corrected chi connectivity index (χ2v) is 4.14. The van der Waals surface area contributed by atoms with Crippen LogP contribution in [0.4, 0.5) is 17.6 Å². The van der Waals surface area contributed by atoms with Crippen molar-refractivity contribution in [3.63, 3.8) is 0 Å². The third-order valence-corrected chi connectivity index (χ3v) is 2.34. The lowest BCUT2D eigenvalue weighted by Crippen LogP contribution is -2.24. The summed E-state index contributed by atoms with van der Waals surface area (Å²) in [5, 5.41) is 9.36. The van der Waals surface area contributed by atoms with Crippen molar-refractivity contribution in [1.29, 1.82) is 0 Å². The van der Waals surface area contributed by atoms with Gasteiger partial charge in [-0.05, 0) is 17.7 Å². The molecule has 18 heavy (non-hydrogen) atoms.